The molecule has 4 fully saturated rings. The van der Waals surface area contributed by atoms with Gasteiger partial charge in [0.15, 0.2) is 5.82 Å². The zero-order valence-electron chi connectivity index (χ0n) is 26.4. The number of benzene rings is 2. The van der Waals surface area contributed by atoms with Crippen LogP contribution in [0.15, 0.2) is 24.3 Å². The molecule has 7 nitrogen and oxygen atoms in total. The predicted molar refractivity (Wildman–Crippen MR) is 172 cm³/mol. The summed E-state index contributed by atoms with van der Waals surface area (Å²) in [6.45, 7) is 6.36. The first kappa shape index (κ1) is 32.6. The maximum atomic E-state index is 17.1. The van der Waals surface area contributed by atoms with E-state index in [1.807, 2.05) is 9.80 Å². The summed E-state index contributed by atoms with van der Waals surface area (Å²) < 4.78 is 109. The molecule has 3 N–H and O–H groups in total. The second kappa shape index (κ2) is 11.2. The molecule has 2 bridgehead atoms. The number of halogens is 8. The molecule has 0 aliphatic carbocycles. The second-order valence-electron chi connectivity index (χ2n) is 13.9. The van der Waals surface area contributed by atoms with Crippen LogP contribution < -0.4 is 20.7 Å². The largest absolute Gasteiger partial charge is 0.461 e. The Labute approximate surface area is 281 Å². The fourth-order valence-corrected chi connectivity index (χ4v) is 9.31. The summed E-state index contributed by atoms with van der Waals surface area (Å²) in [7, 11) is 0. The minimum absolute atomic E-state index is 0.0314. The Hall–Kier alpha value is -3.62. The molecule has 5 aliphatic heterocycles. The van der Waals surface area contributed by atoms with Crippen molar-refractivity contribution in [2.24, 2.45) is 0 Å². The topological polar surface area (TPSA) is 79.5 Å². The number of nitrogens with one attached hydrogen (secondary N) is 1. The molecule has 15 heteroatoms. The number of hydrogen-bond donors (Lipinski definition) is 2. The fourth-order valence-electron chi connectivity index (χ4n) is 8.89. The zero-order valence-corrected chi connectivity index (χ0v) is 27.1. The smallest absolute Gasteiger partial charge is 0.417 e. The average molecular weight is 709 g/mol. The van der Waals surface area contributed by atoms with E-state index in [4.69, 9.17) is 27.1 Å². The second-order valence-corrected chi connectivity index (χ2v) is 14.3. The minimum Gasteiger partial charge on any atom is -0.461 e. The van der Waals surface area contributed by atoms with Gasteiger partial charge in [-0.1, -0.05) is 18.2 Å². The number of nitrogens with two attached hydrogens (primary N) is 1. The fraction of sp³-hybridized carbons (Fsp3) is 0.471. The molecule has 0 saturated carbocycles. The van der Waals surface area contributed by atoms with Crippen LogP contribution in [0, 0.1) is 18.6 Å². The van der Waals surface area contributed by atoms with Crippen LogP contribution in [0.25, 0.3) is 27.6 Å². The first-order valence-electron chi connectivity index (χ1n) is 16.2. The number of nitrogen functional groups attached to an aromatic ring is 1. The number of rotatable bonds is 4. The van der Waals surface area contributed by atoms with Gasteiger partial charge in [-0.3, -0.25) is 4.90 Å². The maximum Gasteiger partial charge on any atom is 0.417 e. The highest BCUT2D eigenvalue weighted by molar-refractivity contribution is 6.37. The number of alkyl halides is 3. The molecule has 6 heterocycles. The average Bonchev–Trinajstić information content (AvgIpc) is 3.70. The molecule has 0 unspecified atom stereocenters. The SMILES string of the molecule is C=C1C[C@H]2[C@H]3CC[C@H](CN2c2nc(OC[C@@]45CCCN4CC(=C(F)F)C5)nc4c(F)c(-c5cc(N)c(F)c(C)c5C(F)(F)F)c(Cl)c1c24)N3. The molecule has 1 aromatic heterocycles. The zero-order chi connectivity index (χ0) is 34.7. The Morgan fingerprint density at radius 2 is 1.96 bits per heavy atom. The van der Waals surface area contributed by atoms with E-state index < -0.39 is 57.4 Å². The molecule has 4 saturated heterocycles. The van der Waals surface area contributed by atoms with Crippen molar-refractivity contribution in [3.8, 4) is 17.1 Å². The highest BCUT2D eigenvalue weighted by Gasteiger charge is 2.49. The lowest BCUT2D eigenvalue weighted by molar-refractivity contribution is -0.137. The predicted octanol–water partition coefficient (Wildman–Crippen LogP) is 7.63. The molecule has 49 heavy (non-hydrogen) atoms. The summed E-state index contributed by atoms with van der Waals surface area (Å²) in [6.07, 6.45) is -3.22. The van der Waals surface area contributed by atoms with Crippen molar-refractivity contribution in [2.45, 2.75) is 75.3 Å². The first-order valence-corrected chi connectivity index (χ1v) is 16.6. The Bertz CT molecular complexity index is 1980. The highest BCUT2D eigenvalue weighted by atomic mass is 35.5. The van der Waals surface area contributed by atoms with Gasteiger partial charge in [0.1, 0.15) is 23.8 Å². The number of anilines is 2. The van der Waals surface area contributed by atoms with Crippen molar-refractivity contribution < 1.29 is 35.5 Å². The van der Waals surface area contributed by atoms with Gasteiger partial charge in [-0.25, -0.2) is 8.78 Å². The summed E-state index contributed by atoms with van der Waals surface area (Å²) in [4.78, 5) is 13.2. The summed E-state index contributed by atoms with van der Waals surface area (Å²) in [5.41, 5.74) is 1.21. The maximum absolute atomic E-state index is 17.1. The summed E-state index contributed by atoms with van der Waals surface area (Å²) in [6, 6.07) is 0.449. The monoisotopic (exact) mass is 708 g/mol. The molecule has 0 spiro atoms. The van der Waals surface area contributed by atoms with E-state index in [-0.39, 0.29) is 70.8 Å². The van der Waals surface area contributed by atoms with E-state index in [0.717, 1.165) is 32.3 Å². The van der Waals surface area contributed by atoms with E-state index in [1.54, 1.807) is 0 Å². The van der Waals surface area contributed by atoms with Crippen molar-refractivity contribution in [3.63, 3.8) is 0 Å². The van der Waals surface area contributed by atoms with Gasteiger partial charge >= 0.3 is 12.2 Å². The van der Waals surface area contributed by atoms with E-state index in [9.17, 15) is 26.3 Å². The van der Waals surface area contributed by atoms with Crippen LogP contribution in [0.2, 0.25) is 5.02 Å². The number of hydrogen-bond acceptors (Lipinski definition) is 7. The Morgan fingerprint density at radius 3 is 2.69 bits per heavy atom. The Morgan fingerprint density at radius 1 is 1.18 bits per heavy atom. The van der Waals surface area contributed by atoms with Gasteiger partial charge in [-0.05, 0) is 69.2 Å². The van der Waals surface area contributed by atoms with Crippen LogP contribution in [0.5, 0.6) is 6.01 Å². The van der Waals surface area contributed by atoms with Crippen LogP contribution in [0.4, 0.5) is 42.2 Å². The minimum atomic E-state index is -5.10. The lowest BCUT2D eigenvalue weighted by Gasteiger charge is -2.41. The highest BCUT2D eigenvalue weighted by Crippen LogP contribution is 2.52. The third-order valence-electron chi connectivity index (χ3n) is 11.1. The van der Waals surface area contributed by atoms with Crippen LogP contribution in [-0.2, 0) is 6.18 Å². The Kier molecular flexibility index (Phi) is 7.44. The number of piperazine rings is 1. The van der Waals surface area contributed by atoms with Crippen LogP contribution >= 0.6 is 11.6 Å². The van der Waals surface area contributed by atoms with Gasteiger partial charge in [-0.2, -0.15) is 31.9 Å². The van der Waals surface area contributed by atoms with Crippen LogP contribution in [0.1, 0.15) is 55.2 Å². The molecular weight excluding hydrogens is 677 g/mol. The molecule has 3 aromatic rings. The molecule has 8 rings (SSSR count). The third-order valence-corrected chi connectivity index (χ3v) is 11.5. The Balaban J connectivity index is 1.35. The lowest BCUT2D eigenvalue weighted by atomic mass is 9.88. The van der Waals surface area contributed by atoms with Gasteiger partial charge in [0.25, 0.3) is 6.08 Å². The lowest BCUT2D eigenvalue weighted by Crippen LogP contribution is -2.58. The molecule has 2 aromatic carbocycles. The standard InChI is InChI=1S/C34H32ClF7N6O/c1-14-8-21-20-5-4-17(44-20)12-48(21)31-24-22(14)26(35)23(18-9-19(43)27(36)15(2)25(18)34(40,41)42)28(37)29(24)45-32(46-31)49-13-33-6-3-7-47(33)11-16(10-33)30(38)39/h9,17,20-21,44H,1,3-8,10-13,43H2,2H3/t17-,20-,21+,33+/m1/s1. The normalized spacial score (nSPS) is 26.4. The summed E-state index contributed by atoms with van der Waals surface area (Å²) >= 11 is 6.94. The van der Waals surface area contributed by atoms with Crippen molar-refractivity contribution >= 4 is 39.6 Å². The van der Waals surface area contributed by atoms with Gasteiger partial charge in [-0.15, -0.1) is 0 Å². The molecular formula is C34H32ClF7N6O. The number of aromatic nitrogens is 2. The van der Waals surface area contributed by atoms with Gasteiger partial charge in [0.2, 0.25) is 0 Å². The number of nitrogens with zero attached hydrogens (tertiary/aromatic N) is 4. The molecule has 0 radical (unpaired) electrons. The number of ether oxygens (including phenoxy) is 1. The molecule has 0 amide bonds. The van der Waals surface area contributed by atoms with Crippen LogP contribution in [-0.4, -0.2) is 64.8 Å². The quantitative estimate of drug-likeness (QED) is 0.213. The molecule has 260 valence electrons. The molecule has 5 aliphatic rings. The van der Waals surface area contributed by atoms with Crippen molar-refractivity contribution in [1.82, 2.24) is 20.2 Å². The van der Waals surface area contributed by atoms with Crippen molar-refractivity contribution in [3.05, 3.63) is 57.6 Å². The van der Waals surface area contributed by atoms with Gasteiger partial charge < -0.3 is 20.7 Å². The van der Waals surface area contributed by atoms with Crippen molar-refractivity contribution in [2.75, 3.05) is 36.9 Å². The number of fused-ring (bicyclic) bond motifs is 6. The van der Waals surface area contributed by atoms with E-state index in [0.29, 0.717) is 37.3 Å². The van der Waals surface area contributed by atoms with Gasteiger partial charge in [0.05, 0.1) is 27.2 Å². The van der Waals surface area contributed by atoms with E-state index in [1.165, 1.54) is 0 Å². The first-order chi connectivity index (χ1) is 23.2. The summed E-state index contributed by atoms with van der Waals surface area (Å²) in [5, 5.41) is 3.44. The van der Waals surface area contributed by atoms with Gasteiger partial charge in [0, 0.05) is 53.5 Å². The summed E-state index contributed by atoms with van der Waals surface area (Å²) in [5.74, 6) is -2.16. The third kappa shape index (κ3) is 4.91. The molecule has 4 atom stereocenters. The van der Waals surface area contributed by atoms with Crippen molar-refractivity contribution in [1.29, 1.82) is 0 Å². The van der Waals surface area contributed by atoms with E-state index >= 15 is 4.39 Å². The van der Waals surface area contributed by atoms with Crippen LogP contribution in [0.3, 0.4) is 0 Å². The van der Waals surface area contributed by atoms with E-state index in [2.05, 4.69) is 16.9 Å².